The minimum Gasteiger partial charge on any atom is -0.497 e. The number of benzene rings is 1. The third-order valence-electron chi connectivity index (χ3n) is 4.47. The predicted octanol–water partition coefficient (Wildman–Crippen LogP) is 4.61. The van der Waals surface area contributed by atoms with Gasteiger partial charge in [0.05, 0.1) is 29.2 Å². The highest BCUT2D eigenvalue weighted by atomic mass is 32.2. The van der Waals surface area contributed by atoms with E-state index in [1.807, 2.05) is 52.0 Å². The number of aromatic nitrogens is 2. The Hall–Kier alpha value is -2.45. The van der Waals surface area contributed by atoms with E-state index in [1.165, 1.54) is 23.1 Å². The van der Waals surface area contributed by atoms with Gasteiger partial charge in [0.2, 0.25) is 5.91 Å². The molecule has 1 N–H and O–H groups in total. The van der Waals surface area contributed by atoms with Crippen molar-refractivity contribution in [3.63, 3.8) is 0 Å². The molecule has 0 aliphatic rings. The number of ketones is 1. The first kappa shape index (κ1) is 22.2. The summed E-state index contributed by atoms with van der Waals surface area (Å²) >= 11 is 2.77. The molecular formula is C22H25N3O3S2. The van der Waals surface area contributed by atoms with Crippen LogP contribution < -0.4 is 10.1 Å². The molecule has 0 saturated heterocycles. The van der Waals surface area contributed by atoms with Crippen molar-refractivity contribution in [2.75, 3.05) is 12.9 Å². The summed E-state index contributed by atoms with van der Waals surface area (Å²) in [5.74, 6) is 1.34. The summed E-state index contributed by atoms with van der Waals surface area (Å²) in [7, 11) is 1.61. The molecule has 2 aromatic heterocycles. The molecule has 30 heavy (non-hydrogen) atoms. The van der Waals surface area contributed by atoms with Crippen LogP contribution in [0.15, 0.2) is 35.4 Å². The third-order valence-corrected chi connectivity index (χ3v) is 6.77. The van der Waals surface area contributed by atoms with Gasteiger partial charge in [-0.15, -0.1) is 11.3 Å². The zero-order valence-electron chi connectivity index (χ0n) is 17.7. The van der Waals surface area contributed by atoms with Crippen molar-refractivity contribution in [3.8, 4) is 5.75 Å². The van der Waals surface area contributed by atoms with Gasteiger partial charge in [0, 0.05) is 16.3 Å². The number of ether oxygens (including phenoxy) is 1. The van der Waals surface area contributed by atoms with Gasteiger partial charge in [-0.1, -0.05) is 11.8 Å². The molecule has 1 aromatic carbocycles. The molecule has 0 fully saturated rings. The lowest BCUT2D eigenvalue weighted by Gasteiger charge is -2.13. The zero-order valence-corrected chi connectivity index (χ0v) is 19.3. The maximum atomic E-state index is 12.8. The Morgan fingerprint density at radius 3 is 2.63 bits per heavy atom. The number of nitrogens with zero attached hydrogens (tertiary/aromatic N) is 2. The van der Waals surface area contributed by atoms with Crippen molar-refractivity contribution < 1.29 is 14.3 Å². The Morgan fingerprint density at radius 2 is 1.93 bits per heavy atom. The number of methoxy groups -OCH3 is 1. The van der Waals surface area contributed by atoms with E-state index in [1.54, 1.807) is 13.2 Å². The number of aryl methyl sites for hydroxylation is 1. The lowest BCUT2D eigenvalue weighted by molar-refractivity contribution is -0.122. The number of carbonyl (C=O) groups is 2. The molecule has 0 bridgehead atoms. The fraction of sp³-hybridized carbons (Fsp3) is 0.364. The van der Waals surface area contributed by atoms with E-state index in [-0.39, 0.29) is 29.4 Å². The lowest BCUT2D eigenvalue weighted by atomic mass is 10.1. The molecule has 2 heterocycles. The monoisotopic (exact) mass is 443 g/mol. The van der Waals surface area contributed by atoms with Crippen LogP contribution in [-0.2, 0) is 4.79 Å². The van der Waals surface area contributed by atoms with Crippen LogP contribution in [0.1, 0.15) is 47.1 Å². The molecule has 6 nitrogen and oxygen atoms in total. The van der Waals surface area contributed by atoms with E-state index in [4.69, 9.17) is 4.74 Å². The largest absolute Gasteiger partial charge is 0.497 e. The number of hydrogen-bond acceptors (Lipinski definition) is 7. The molecule has 158 valence electrons. The van der Waals surface area contributed by atoms with Gasteiger partial charge in [0.15, 0.2) is 5.78 Å². The minimum atomic E-state index is -0.285. The van der Waals surface area contributed by atoms with Crippen LogP contribution in [0, 0.1) is 6.92 Å². The van der Waals surface area contributed by atoms with Gasteiger partial charge >= 0.3 is 0 Å². The normalized spacial score (nSPS) is 12.2. The SMILES string of the molecule is COc1ccc2nc(C)nc(SCC(=O)c3ccc(C(C)C(=O)NC(C)C)s3)c2c1. The number of nitrogens with one attached hydrogen (secondary N) is 1. The Bertz CT molecular complexity index is 1080. The minimum absolute atomic E-state index is 0.0139. The van der Waals surface area contributed by atoms with Gasteiger partial charge in [0.1, 0.15) is 16.6 Å². The van der Waals surface area contributed by atoms with E-state index < -0.39 is 0 Å². The van der Waals surface area contributed by atoms with Crippen molar-refractivity contribution >= 4 is 45.7 Å². The zero-order chi connectivity index (χ0) is 21.8. The standard InChI is InChI=1S/C22H25N3O3S2/c1-12(2)23-21(27)13(3)19-8-9-20(30-19)18(26)11-29-22-16-10-15(28-5)6-7-17(16)24-14(4)25-22/h6-10,12-13H,11H2,1-5H3,(H,23,27). The first-order chi connectivity index (χ1) is 14.3. The average molecular weight is 444 g/mol. The van der Waals surface area contributed by atoms with Crippen molar-refractivity contribution in [1.82, 2.24) is 15.3 Å². The number of thiophene rings is 1. The highest BCUT2D eigenvalue weighted by Crippen LogP contribution is 2.31. The van der Waals surface area contributed by atoms with Crippen LogP contribution >= 0.6 is 23.1 Å². The summed E-state index contributed by atoms with van der Waals surface area (Å²) in [4.78, 5) is 35.5. The quantitative estimate of drug-likeness (QED) is 0.311. The molecular weight excluding hydrogens is 418 g/mol. The molecule has 0 saturated carbocycles. The van der Waals surface area contributed by atoms with Crippen LogP contribution in [0.25, 0.3) is 10.9 Å². The number of rotatable bonds is 8. The van der Waals surface area contributed by atoms with Gasteiger partial charge < -0.3 is 10.1 Å². The van der Waals surface area contributed by atoms with E-state index >= 15 is 0 Å². The predicted molar refractivity (Wildman–Crippen MR) is 122 cm³/mol. The van der Waals surface area contributed by atoms with Gasteiger partial charge in [-0.05, 0) is 58.0 Å². The van der Waals surface area contributed by atoms with E-state index in [2.05, 4.69) is 15.3 Å². The summed E-state index contributed by atoms with van der Waals surface area (Å²) in [6.07, 6.45) is 0. The molecule has 0 spiro atoms. The smallest absolute Gasteiger partial charge is 0.228 e. The number of fused-ring (bicyclic) bond motifs is 1. The van der Waals surface area contributed by atoms with Gasteiger partial charge in [-0.25, -0.2) is 9.97 Å². The highest BCUT2D eigenvalue weighted by molar-refractivity contribution is 8.00. The molecule has 8 heteroatoms. The summed E-state index contributed by atoms with van der Waals surface area (Å²) in [6, 6.07) is 9.39. The number of hydrogen-bond donors (Lipinski definition) is 1. The molecule has 3 rings (SSSR count). The topological polar surface area (TPSA) is 81.2 Å². The van der Waals surface area contributed by atoms with Crippen molar-refractivity contribution in [1.29, 1.82) is 0 Å². The van der Waals surface area contributed by atoms with Crippen LogP contribution in [0.2, 0.25) is 0 Å². The first-order valence-corrected chi connectivity index (χ1v) is 11.5. The summed E-state index contributed by atoms with van der Waals surface area (Å²) in [5, 5.41) is 4.53. The maximum absolute atomic E-state index is 12.8. The van der Waals surface area contributed by atoms with E-state index in [9.17, 15) is 9.59 Å². The van der Waals surface area contributed by atoms with Gasteiger partial charge in [-0.3, -0.25) is 9.59 Å². The van der Waals surface area contributed by atoms with Crippen molar-refractivity contribution in [3.05, 3.63) is 45.9 Å². The number of Topliss-reactive ketones (excluding diaryl/α,β-unsaturated/α-hetero) is 1. The average Bonchev–Trinajstić information content (AvgIpc) is 3.20. The van der Waals surface area contributed by atoms with E-state index in [0.717, 1.165) is 26.6 Å². The fourth-order valence-electron chi connectivity index (χ4n) is 2.91. The summed E-state index contributed by atoms with van der Waals surface area (Å²) < 4.78 is 5.31. The second-order valence-corrected chi connectivity index (χ2v) is 9.34. The molecule has 0 aliphatic carbocycles. The Morgan fingerprint density at radius 1 is 1.17 bits per heavy atom. The summed E-state index contributed by atoms with van der Waals surface area (Å²) in [5.41, 5.74) is 0.821. The van der Waals surface area contributed by atoms with Gasteiger partial charge in [0.25, 0.3) is 0 Å². The first-order valence-electron chi connectivity index (χ1n) is 9.67. The molecule has 0 aliphatic heterocycles. The van der Waals surface area contributed by atoms with Gasteiger partial charge in [-0.2, -0.15) is 0 Å². The van der Waals surface area contributed by atoms with E-state index in [0.29, 0.717) is 10.7 Å². The number of amides is 1. The summed E-state index contributed by atoms with van der Waals surface area (Å²) in [6.45, 7) is 7.55. The Kier molecular flexibility index (Phi) is 7.10. The molecule has 0 radical (unpaired) electrons. The molecule has 1 atom stereocenters. The second kappa shape index (κ2) is 9.57. The Balaban J connectivity index is 1.73. The van der Waals surface area contributed by atoms with Crippen molar-refractivity contribution in [2.24, 2.45) is 0 Å². The number of carbonyl (C=O) groups excluding carboxylic acids is 2. The van der Waals surface area contributed by atoms with Crippen LogP contribution in [-0.4, -0.2) is 40.6 Å². The van der Waals surface area contributed by atoms with Crippen LogP contribution in [0.4, 0.5) is 0 Å². The highest BCUT2D eigenvalue weighted by Gasteiger charge is 2.20. The van der Waals surface area contributed by atoms with Crippen LogP contribution in [0.5, 0.6) is 5.75 Å². The molecule has 1 amide bonds. The van der Waals surface area contributed by atoms with Crippen LogP contribution in [0.3, 0.4) is 0 Å². The van der Waals surface area contributed by atoms with Crippen molar-refractivity contribution in [2.45, 2.75) is 44.7 Å². The lowest BCUT2D eigenvalue weighted by Crippen LogP contribution is -2.33. The molecule has 1 unspecified atom stereocenters. The maximum Gasteiger partial charge on any atom is 0.228 e. The molecule has 3 aromatic rings. The Labute approximate surface area is 184 Å². The second-order valence-electron chi connectivity index (χ2n) is 7.26. The number of thioether (sulfide) groups is 1. The fourth-order valence-corrected chi connectivity index (χ4v) is 4.93. The third kappa shape index (κ3) is 5.17.